The van der Waals surface area contributed by atoms with E-state index in [1.165, 1.54) is 5.56 Å². The van der Waals surface area contributed by atoms with E-state index in [1.807, 2.05) is 30.3 Å². The minimum Gasteiger partial charge on any atom is -0.496 e. The van der Waals surface area contributed by atoms with Crippen molar-refractivity contribution < 1.29 is 9.47 Å². The zero-order chi connectivity index (χ0) is 15.1. The summed E-state index contributed by atoms with van der Waals surface area (Å²) >= 11 is 3.47. The number of rotatable bonds is 7. The van der Waals surface area contributed by atoms with Gasteiger partial charge in [0, 0.05) is 16.6 Å². The molecule has 0 saturated carbocycles. The molecule has 0 amide bonds. The summed E-state index contributed by atoms with van der Waals surface area (Å²) in [5.74, 6) is 1.69. The molecular formula is C17H20BrNO2. The van der Waals surface area contributed by atoms with E-state index in [0.29, 0.717) is 6.61 Å². The van der Waals surface area contributed by atoms with Gasteiger partial charge in [0.15, 0.2) is 0 Å². The lowest BCUT2D eigenvalue weighted by Gasteiger charge is -2.11. The van der Waals surface area contributed by atoms with Crippen LogP contribution in [0.5, 0.6) is 11.5 Å². The number of ether oxygens (including phenoxy) is 2. The van der Waals surface area contributed by atoms with Crippen LogP contribution in [0.4, 0.5) is 0 Å². The average Bonchev–Trinajstić information content (AvgIpc) is 2.52. The first-order valence-electron chi connectivity index (χ1n) is 6.97. The molecule has 0 unspecified atom stereocenters. The molecule has 0 aliphatic heterocycles. The molecule has 0 radical (unpaired) electrons. The zero-order valence-corrected chi connectivity index (χ0v) is 13.9. The second-order valence-corrected chi connectivity index (χ2v) is 5.58. The normalized spacial score (nSPS) is 10.4. The molecule has 0 aliphatic carbocycles. The molecule has 0 saturated heterocycles. The van der Waals surface area contributed by atoms with Gasteiger partial charge in [-0.15, -0.1) is 0 Å². The molecule has 21 heavy (non-hydrogen) atoms. The Morgan fingerprint density at radius 3 is 2.52 bits per heavy atom. The van der Waals surface area contributed by atoms with Crippen LogP contribution in [0.15, 0.2) is 46.9 Å². The third-order valence-corrected chi connectivity index (χ3v) is 3.63. The minimum absolute atomic E-state index is 0.481. The summed E-state index contributed by atoms with van der Waals surface area (Å²) < 4.78 is 12.2. The van der Waals surface area contributed by atoms with E-state index in [2.05, 4.69) is 40.3 Å². The van der Waals surface area contributed by atoms with Gasteiger partial charge in [-0.2, -0.15) is 0 Å². The van der Waals surface area contributed by atoms with Gasteiger partial charge < -0.3 is 14.8 Å². The predicted octanol–water partition coefficient (Wildman–Crippen LogP) is 4.15. The van der Waals surface area contributed by atoms with Gasteiger partial charge in [-0.3, -0.25) is 0 Å². The van der Waals surface area contributed by atoms with Crippen molar-refractivity contribution in [1.29, 1.82) is 0 Å². The van der Waals surface area contributed by atoms with Crippen molar-refractivity contribution in [2.24, 2.45) is 0 Å². The third-order valence-electron chi connectivity index (χ3n) is 3.14. The molecule has 0 aromatic heterocycles. The first kappa shape index (κ1) is 15.9. The molecule has 2 aromatic carbocycles. The lowest BCUT2D eigenvalue weighted by Crippen LogP contribution is -2.11. The van der Waals surface area contributed by atoms with Crippen molar-refractivity contribution in [2.75, 3.05) is 13.7 Å². The Balaban J connectivity index is 1.98. The highest BCUT2D eigenvalue weighted by atomic mass is 79.9. The van der Waals surface area contributed by atoms with E-state index in [4.69, 9.17) is 9.47 Å². The number of nitrogens with one attached hydrogen (secondary N) is 1. The number of methoxy groups -OCH3 is 1. The highest BCUT2D eigenvalue weighted by Gasteiger charge is 2.05. The molecule has 3 nitrogen and oxygen atoms in total. The monoisotopic (exact) mass is 349 g/mol. The first-order valence-corrected chi connectivity index (χ1v) is 7.77. The van der Waals surface area contributed by atoms with Gasteiger partial charge in [0.2, 0.25) is 0 Å². The quantitative estimate of drug-likeness (QED) is 0.814. The highest BCUT2D eigenvalue weighted by molar-refractivity contribution is 9.10. The Hall–Kier alpha value is -1.52. The zero-order valence-electron chi connectivity index (χ0n) is 12.4. The fraction of sp³-hybridized carbons (Fsp3) is 0.294. The summed E-state index contributed by atoms with van der Waals surface area (Å²) in [4.78, 5) is 0. The molecule has 0 fully saturated rings. The number of hydrogen-bond acceptors (Lipinski definition) is 3. The smallest absolute Gasteiger partial charge is 0.125 e. The fourth-order valence-electron chi connectivity index (χ4n) is 1.99. The maximum atomic E-state index is 5.83. The molecule has 0 aliphatic rings. The summed E-state index contributed by atoms with van der Waals surface area (Å²) in [5, 5.41) is 3.30. The number of benzene rings is 2. The Kier molecular flexibility index (Phi) is 6.08. The van der Waals surface area contributed by atoms with Crippen LogP contribution >= 0.6 is 15.9 Å². The van der Waals surface area contributed by atoms with Crippen molar-refractivity contribution in [2.45, 2.75) is 20.1 Å². The van der Waals surface area contributed by atoms with Crippen LogP contribution in [0.1, 0.15) is 18.1 Å². The molecule has 1 N–H and O–H groups in total. The van der Waals surface area contributed by atoms with E-state index in [1.54, 1.807) is 7.11 Å². The van der Waals surface area contributed by atoms with Gasteiger partial charge in [-0.1, -0.05) is 35.0 Å². The van der Waals surface area contributed by atoms with E-state index < -0.39 is 0 Å². The molecule has 2 aromatic rings. The Labute approximate surface area is 134 Å². The lowest BCUT2D eigenvalue weighted by atomic mass is 10.2. The Morgan fingerprint density at radius 1 is 1.10 bits per heavy atom. The molecule has 0 heterocycles. The van der Waals surface area contributed by atoms with Crippen LogP contribution in [-0.2, 0) is 13.2 Å². The molecular weight excluding hydrogens is 330 g/mol. The molecule has 112 valence electrons. The average molecular weight is 350 g/mol. The van der Waals surface area contributed by atoms with Gasteiger partial charge in [0.25, 0.3) is 0 Å². The van der Waals surface area contributed by atoms with Gasteiger partial charge in [-0.05, 0) is 42.4 Å². The second-order valence-electron chi connectivity index (χ2n) is 4.67. The van der Waals surface area contributed by atoms with Crippen LogP contribution in [-0.4, -0.2) is 13.7 Å². The maximum absolute atomic E-state index is 5.83. The summed E-state index contributed by atoms with van der Waals surface area (Å²) in [6.45, 7) is 4.44. The summed E-state index contributed by atoms with van der Waals surface area (Å²) in [5.41, 5.74) is 2.27. The minimum atomic E-state index is 0.481. The molecule has 0 spiro atoms. The standard InChI is InChI=1S/C17H20BrNO2/c1-3-19-11-13-4-7-16(8-5-13)21-12-14-10-15(18)6-9-17(14)20-2/h4-10,19H,3,11-12H2,1-2H3. The summed E-state index contributed by atoms with van der Waals surface area (Å²) in [7, 11) is 1.67. The second kappa shape index (κ2) is 8.05. The van der Waals surface area contributed by atoms with Gasteiger partial charge in [-0.25, -0.2) is 0 Å². The van der Waals surface area contributed by atoms with Gasteiger partial charge in [0.05, 0.1) is 7.11 Å². The molecule has 0 atom stereocenters. The SMILES string of the molecule is CCNCc1ccc(OCc2cc(Br)ccc2OC)cc1. The summed E-state index contributed by atoms with van der Waals surface area (Å²) in [6.07, 6.45) is 0. The van der Waals surface area contributed by atoms with E-state index in [-0.39, 0.29) is 0 Å². The largest absolute Gasteiger partial charge is 0.496 e. The highest BCUT2D eigenvalue weighted by Crippen LogP contribution is 2.24. The Morgan fingerprint density at radius 2 is 1.86 bits per heavy atom. The van der Waals surface area contributed by atoms with Crippen molar-refractivity contribution >= 4 is 15.9 Å². The molecule has 4 heteroatoms. The van der Waals surface area contributed by atoms with Crippen molar-refractivity contribution in [3.63, 3.8) is 0 Å². The lowest BCUT2D eigenvalue weighted by molar-refractivity contribution is 0.296. The van der Waals surface area contributed by atoms with Crippen LogP contribution < -0.4 is 14.8 Å². The van der Waals surface area contributed by atoms with Crippen LogP contribution in [0, 0.1) is 0 Å². The van der Waals surface area contributed by atoms with Crippen LogP contribution in [0.2, 0.25) is 0 Å². The van der Waals surface area contributed by atoms with Gasteiger partial charge >= 0.3 is 0 Å². The maximum Gasteiger partial charge on any atom is 0.125 e. The fourth-order valence-corrected chi connectivity index (χ4v) is 2.40. The van der Waals surface area contributed by atoms with Crippen LogP contribution in [0.25, 0.3) is 0 Å². The van der Waals surface area contributed by atoms with Crippen molar-refractivity contribution in [3.8, 4) is 11.5 Å². The number of halogens is 1. The van der Waals surface area contributed by atoms with Crippen molar-refractivity contribution in [1.82, 2.24) is 5.32 Å². The van der Waals surface area contributed by atoms with Crippen LogP contribution in [0.3, 0.4) is 0 Å². The van der Waals surface area contributed by atoms with Crippen molar-refractivity contribution in [3.05, 3.63) is 58.1 Å². The molecule has 0 bridgehead atoms. The van der Waals surface area contributed by atoms with Gasteiger partial charge in [0.1, 0.15) is 18.1 Å². The predicted molar refractivity (Wildman–Crippen MR) is 88.8 cm³/mol. The first-order chi connectivity index (χ1) is 10.2. The number of hydrogen-bond donors (Lipinski definition) is 1. The third kappa shape index (κ3) is 4.76. The molecule has 2 rings (SSSR count). The van der Waals surface area contributed by atoms with E-state index in [0.717, 1.165) is 34.6 Å². The summed E-state index contributed by atoms with van der Waals surface area (Å²) in [6, 6.07) is 14.1. The Bertz CT molecular complexity index is 570. The van der Waals surface area contributed by atoms with E-state index >= 15 is 0 Å². The topological polar surface area (TPSA) is 30.5 Å². The van der Waals surface area contributed by atoms with E-state index in [9.17, 15) is 0 Å².